The maximum absolute atomic E-state index is 13.2. The molecule has 3 aromatic carbocycles. The highest BCUT2D eigenvalue weighted by atomic mass is 19.1. The summed E-state index contributed by atoms with van der Waals surface area (Å²) in [5.74, 6) is 1.28. The average molecular weight is 588 g/mol. The fourth-order valence-corrected chi connectivity index (χ4v) is 5.06. The molecule has 11 heteroatoms. The number of carbonyl (C=O) groups is 2. The van der Waals surface area contributed by atoms with Crippen molar-refractivity contribution in [2.24, 2.45) is 5.92 Å². The van der Waals surface area contributed by atoms with Crippen LogP contribution in [-0.2, 0) is 17.8 Å². The third-order valence-corrected chi connectivity index (χ3v) is 7.46. The molecule has 0 unspecified atom stereocenters. The maximum atomic E-state index is 13.2. The molecule has 0 radical (unpaired) electrons. The van der Waals surface area contributed by atoms with E-state index >= 15 is 0 Å². The summed E-state index contributed by atoms with van der Waals surface area (Å²) in [7, 11) is 3.17. The zero-order chi connectivity index (χ0) is 30.2. The number of likely N-dealkylation sites (tertiary alicyclic amines) is 1. The number of ether oxygens (including phenoxy) is 2. The van der Waals surface area contributed by atoms with E-state index in [1.807, 2.05) is 18.2 Å². The Morgan fingerprint density at radius 1 is 1.00 bits per heavy atom. The van der Waals surface area contributed by atoms with E-state index in [4.69, 9.17) is 14.0 Å². The zero-order valence-corrected chi connectivity index (χ0v) is 24.1. The molecule has 4 aromatic rings. The number of carbonyl (C=O) groups excluding carboxylic acids is 2. The van der Waals surface area contributed by atoms with Crippen molar-refractivity contribution in [2.75, 3.05) is 39.2 Å². The number of amides is 2. The minimum Gasteiger partial charge on any atom is -0.493 e. The minimum atomic E-state index is -0.325. The number of nitrogens with one attached hydrogen (secondary N) is 2. The SMILES string of the molecule is COc1ccc(CCNC(=O)c2ccccc2NC(=O)C2CCN(Cc3nc(-c4ccc(F)cc4)no3)CC2)cc1OC. The molecule has 2 N–H and O–H groups in total. The number of methoxy groups -OCH3 is 2. The van der Waals surface area contributed by atoms with Crippen molar-refractivity contribution in [3.8, 4) is 22.9 Å². The number of rotatable bonds is 11. The van der Waals surface area contributed by atoms with Crippen molar-refractivity contribution in [1.82, 2.24) is 20.4 Å². The van der Waals surface area contributed by atoms with E-state index < -0.39 is 0 Å². The first-order valence-electron chi connectivity index (χ1n) is 14.1. The third kappa shape index (κ3) is 7.55. The van der Waals surface area contributed by atoms with Gasteiger partial charge < -0.3 is 24.6 Å². The monoisotopic (exact) mass is 587 g/mol. The Hall–Kier alpha value is -4.77. The lowest BCUT2D eigenvalue weighted by atomic mass is 9.95. The number of aromatic nitrogens is 2. The van der Waals surface area contributed by atoms with E-state index in [9.17, 15) is 14.0 Å². The maximum Gasteiger partial charge on any atom is 0.253 e. The number of para-hydroxylation sites is 1. The lowest BCUT2D eigenvalue weighted by molar-refractivity contribution is -0.121. The van der Waals surface area contributed by atoms with Crippen LogP contribution in [0.2, 0.25) is 0 Å². The molecule has 0 atom stereocenters. The smallest absolute Gasteiger partial charge is 0.253 e. The van der Waals surface area contributed by atoms with Gasteiger partial charge >= 0.3 is 0 Å². The summed E-state index contributed by atoms with van der Waals surface area (Å²) in [6.07, 6.45) is 1.92. The van der Waals surface area contributed by atoms with E-state index in [2.05, 4.69) is 25.7 Å². The Kier molecular flexibility index (Phi) is 9.63. The van der Waals surface area contributed by atoms with Crippen molar-refractivity contribution in [3.63, 3.8) is 0 Å². The number of benzene rings is 3. The van der Waals surface area contributed by atoms with Gasteiger partial charge in [-0.05, 0) is 86.4 Å². The number of nitrogens with zero attached hydrogens (tertiary/aromatic N) is 3. The summed E-state index contributed by atoms with van der Waals surface area (Å²) in [5.41, 5.74) is 2.57. The molecule has 43 heavy (non-hydrogen) atoms. The van der Waals surface area contributed by atoms with E-state index in [-0.39, 0.29) is 23.5 Å². The van der Waals surface area contributed by atoms with Crippen LogP contribution in [-0.4, -0.2) is 60.7 Å². The van der Waals surface area contributed by atoms with Gasteiger partial charge in [0.05, 0.1) is 32.0 Å². The molecule has 0 bridgehead atoms. The molecule has 224 valence electrons. The average Bonchev–Trinajstić information content (AvgIpc) is 3.50. The number of hydrogen-bond acceptors (Lipinski definition) is 8. The molecule has 0 saturated carbocycles. The molecule has 5 rings (SSSR count). The lowest BCUT2D eigenvalue weighted by Crippen LogP contribution is -2.38. The summed E-state index contributed by atoms with van der Waals surface area (Å²) in [4.78, 5) is 32.7. The van der Waals surface area contributed by atoms with Crippen LogP contribution in [0.5, 0.6) is 11.5 Å². The molecular weight excluding hydrogens is 553 g/mol. The molecule has 2 amide bonds. The fourth-order valence-electron chi connectivity index (χ4n) is 5.06. The number of anilines is 1. The third-order valence-electron chi connectivity index (χ3n) is 7.46. The van der Waals surface area contributed by atoms with Crippen LogP contribution in [0.25, 0.3) is 11.4 Å². The molecule has 0 aliphatic carbocycles. The predicted octanol–water partition coefficient (Wildman–Crippen LogP) is 4.72. The van der Waals surface area contributed by atoms with Crippen LogP contribution < -0.4 is 20.1 Å². The topological polar surface area (TPSA) is 119 Å². The van der Waals surface area contributed by atoms with Crippen molar-refractivity contribution >= 4 is 17.5 Å². The summed E-state index contributed by atoms with van der Waals surface area (Å²) < 4.78 is 29.2. The van der Waals surface area contributed by atoms with Gasteiger partial charge in [0.1, 0.15) is 5.82 Å². The Balaban J connectivity index is 1.10. The Bertz CT molecular complexity index is 1550. The molecule has 0 spiro atoms. The van der Waals surface area contributed by atoms with Crippen LogP contribution in [0.3, 0.4) is 0 Å². The van der Waals surface area contributed by atoms with Gasteiger partial charge in [0.15, 0.2) is 11.5 Å². The van der Waals surface area contributed by atoms with Crippen molar-refractivity contribution < 1.29 is 28.0 Å². The highest BCUT2D eigenvalue weighted by molar-refractivity contribution is 6.04. The molecule has 1 aliphatic rings. The normalized spacial score (nSPS) is 13.8. The quantitative estimate of drug-likeness (QED) is 0.259. The Labute approximate surface area is 249 Å². The van der Waals surface area contributed by atoms with Gasteiger partial charge in [-0.3, -0.25) is 14.5 Å². The lowest BCUT2D eigenvalue weighted by Gasteiger charge is -2.30. The highest BCUT2D eigenvalue weighted by Gasteiger charge is 2.27. The summed E-state index contributed by atoms with van der Waals surface area (Å²) in [5, 5.41) is 9.92. The van der Waals surface area contributed by atoms with Crippen molar-refractivity contribution in [2.45, 2.75) is 25.8 Å². The predicted molar refractivity (Wildman–Crippen MR) is 158 cm³/mol. The second kappa shape index (κ2) is 13.9. The second-order valence-corrected chi connectivity index (χ2v) is 10.3. The molecule has 1 aromatic heterocycles. The van der Waals surface area contributed by atoms with E-state index in [1.165, 1.54) is 12.1 Å². The van der Waals surface area contributed by atoms with Gasteiger partial charge in [-0.25, -0.2) is 4.39 Å². The highest BCUT2D eigenvalue weighted by Crippen LogP contribution is 2.28. The van der Waals surface area contributed by atoms with Gasteiger partial charge in [-0.2, -0.15) is 4.98 Å². The van der Waals surface area contributed by atoms with Gasteiger partial charge in [0.2, 0.25) is 17.6 Å². The van der Waals surface area contributed by atoms with Crippen molar-refractivity contribution in [3.05, 3.63) is 89.6 Å². The van der Waals surface area contributed by atoms with E-state index in [1.54, 1.807) is 50.6 Å². The molecule has 2 heterocycles. The van der Waals surface area contributed by atoms with E-state index in [0.29, 0.717) is 85.5 Å². The number of piperidine rings is 1. The van der Waals surface area contributed by atoms with Crippen LogP contribution in [0, 0.1) is 11.7 Å². The standard InChI is InChI=1S/C32H34FN5O5/c1-41-27-12-7-21(19-28(27)42-2)13-16-34-32(40)25-5-3-4-6-26(25)35-31(39)23-14-17-38(18-15-23)20-29-36-30(37-43-29)22-8-10-24(33)11-9-22/h3-12,19,23H,13-18,20H2,1-2H3,(H,34,40)(H,35,39). The molecular formula is C32H34FN5O5. The van der Waals surface area contributed by atoms with Gasteiger partial charge in [0.25, 0.3) is 5.91 Å². The van der Waals surface area contributed by atoms with Crippen LogP contribution in [0.1, 0.15) is 34.7 Å². The second-order valence-electron chi connectivity index (χ2n) is 10.3. The first-order chi connectivity index (χ1) is 20.9. The molecule has 1 aliphatic heterocycles. The largest absolute Gasteiger partial charge is 0.493 e. The van der Waals surface area contributed by atoms with Gasteiger partial charge in [-0.15, -0.1) is 0 Å². The summed E-state index contributed by atoms with van der Waals surface area (Å²) >= 11 is 0. The van der Waals surface area contributed by atoms with Crippen LogP contribution in [0.4, 0.5) is 10.1 Å². The van der Waals surface area contributed by atoms with Crippen LogP contribution >= 0.6 is 0 Å². The minimum absolute atomic E-state index is 0.110. The van der Waals surface area contributed by atoms with Crippen LogP contribution in [0.15, 0.2) is 71.3 Å². The van der Waals surface area contributed by atoms with Gasteiger partial charge in [0, 0.05) is 18.0 Å². The van der Waals surface area contributed by atoms with Gasteiger partial charge in [-0.1, -0.05) is 23.4 Å². The molecule has 1 fully saturated rings. The first kappa shape index (κ1) is 29.7. The summed E-state index contributed by atoms with van der Waals surface area (Å²) in [6.45, 7) is 2.25. The fraction of sp³-hybridized carbons (Fsp3) is 0.312. The molecule has 1 saturated heterocycles. The number of halogens is 1. The Morgan fingerprint density at radius 3 is 2.49 bits per heavy atom. The van der Waals surface area contributed by atoms with Crippen molar-refractivity contribution in [1.29, 1.82) is 0 Å². The summed E-state index contributed by atoms with van der Waals surface area (Å²) in [6, 6.07) is 18.6. The first-order valence-corrected chi connectivity index (χ1v) is 14.1. The Morgan fingerprint density at radius 2 is 1.74 bits per heavy atom. The number of hydrogen-bond donors (Lipinski definition) is 2. The zero-order valence-electron chi connectivity index (χ0n) is 24.1. The molecule has 10 nitrogen and oxygen atoms in total. The van der Waals surface area contributed by atoms with E-state index in [0.717, 1.165) is 5.56 Å².